The standard InChI is InChI=1S/C20H23NO5/c1-20(19(23)24,15-8-4-3-5-9-15)14-21-18(22)16-10-6-7-11-17(16)26-13-12-25-2/h3-11H,12-14H2,1-2H3,(H,21,22)(H,23,24). The minimum absolute atomic E-state index is 0.0441. The summed E-state index contributed by atoms with van der Waals surface area (Å²) in [4.78, 5) is 24.4. The number of ether oxygens (including phenoxy) is 2. The van der Waals surface area contributed by atoms with Gasteiger partial charge in [0.1, 0.15) is 17.8 Å². The Balaban J connectivity index is 2.13. The number of nitrogens with one attached hydrogen (secondary N) is 1. The topological polar surface area (TPSA) is 84.9 Å². The van der Waals surface area contributed by atoms with E-state index in [1.165, 1.54) is 0 Å². The largest absolute Gasteiger partial charge is 0.490 e. The molecule has 2 aromatic carbocycles. The van der Waals surface area contributed by atoms with Crippen molar-refractivity contribution in [1.29, 1.82) is 0 Å². The lowest BCUT2D eigenvalue weighted by Gasteiger charge is -2.26. The third kappa shape index (κ3) is 4.61. The molecule has 0 saturated heterocycles. The summed E-state index contributed by atoms with van der Waals surface area (Å²) in [5, 5.41) is 12.4. The van der Waals surface area contributed by atoms with Crippen molar-refractivity contribution in [2.45, 2.75) is 12.3 Å². The maximum Gasteiger partial charge on any atom is 0.315 e. The monoisotopic (exact) mass is 357 g/mol. The summed E-state index contributed by atoms with van der Waals surface area (Å²) in [6.07, 6.45) is 0. The van der Waals surface area contributed by atoms with E-state index in [1.807, 2.05) is 6.07 Å². The van der Waals surface area contributed by atoms with Gasteiger partial charge in [-0.15, -0.1) is 0 Å². The molecule has 6 heteroatoms. The fourth-order valence-electron chi connectivity index (χ4n) is 2.47. The van der Waals surface area contributed by atoms with Gasteiger partial charge >= 0.3 is 5.97 Å². The number of benzene rings is 2. The Morgan fingerprint density at radius 2 is 1.69 bits per heavy atom. The van der Waals surface area contributed by atoms with Gasteiger partial charge in [0.25, 0.3) is 5.91 Å². The number of carboxylic acid groups (broad SMARTS) is 1. The second-order valence-corrected chi connectivity index (χ2v) is 6.02. The SMILES string of the molecule is COCCOc1ccccc1C(=O)NCC(C)(C(=O)O)c1ccccc1. The van der Waals surface area contributed by atoms with Crippen molar-refractivity contribution in [2.75, 3.05) is 26.9 Å². The fraction of sp³-hybridized carbons (Fsp3) is 0.300. The van der Waals surface area contributed by atoms with Gasteiger partial charge < -0.3 is 19.9 Å². The third-order valence-electron chi connectivity index (χ3n) is 4.16. The van der Waals surface area contributed by atoms with Crippen molar-refractivity contribution < 1.29 is 24.2 Å². The molecule has 1 atom stereocenters. The van der Waals surface area contributed by atoms with Crippen molar-refractivity contribution in [2.24, 2.45) is 0 Å². The van der Waals surface area contributed by atoms with Gasteiger partial charge in [0.05, 0.1) is 12.2 Å². The zero-order chi connectivity index (χ0) is 19.0. The number of hydrogen-bond donors (Lipinski definition) is 2. The summed E-state index contributed by atoms with van der Waals surface area (Å²) >= 11 is 0. The van der Waals surface area contributed by atoms with E-state index in [1.54, 1.807) is 62.6 Å². The lowest BCUT2D eigenvalue weighted by atomic mass is 9.82. The van der Waals surface area contributed by atoms with E-state index in [0.29, 0.717) is 30.1 Å². The van der Waals surface area contributed by atoms with Gasteiger partial charge in [0.2, 0.25) is 0 Å². The zero-order valence-electron chi connectivity index (χ0n) is 14.9. The molecule has 1 amide bonds. The molecule has 0 saturated carbocycles. The predicted octanol–water partition coefficient (Wildman–Crippen LogP) is 2.48. The molecule has 2 aromatic rings. The van der Waals surface area contributed by atoms with Crippen LogP contribution in [0.2, 0.25) is 0 Å². The Hall–Kier alpha value is -2.86. The second-order valence-electron chi connectivity index (χ2n) is 6.02. The molecule has 0 aromatic heterocycles. The van der Waals surface area contributed by atoms with Crippen LogP contribution in [0.3, 0.4) is 0 Å². The molecule has 6 nitrogen and oxygen atoms in total. The van der Waals surface area contributed by atoms with Gasteiger partial charge in [-0.3, -0.25) is 9.59 Å². The van der Waals surface area contributed by atoms with E-state index < -0.39 is 11.4 Å². The number of para-hydroxylation sites is 1. The smallest absolute Gasteiger partial charge is 0.315 e. The van der Waals surface area contributed by atoms with E-state index in [0.717, 1.165) is 0 Å². The van der Waals surface area contributed by atoms with Gasteiger partial charge in [-0.1, -0.05) is 42.5 Å². The molecule has 0 radical (unpaired) electrons. The normalized spacial score (nSPS) is 12.8. The van der Waals surface area contributed by atoms with Crippen LogP contribution in [0.25, 0.3) is 0 Å². The zero-order valence-corrected chi connectivity index (χ0v) is 14.9. The van der Waals surface area contributed by atoms with Gasteiger partial charge in [0, 0.05) is 13.7 Å². The summed E-state index contributed by atoms with van der Waals surface area (Å²) in [5.74, 6) is -0.964. The second kappa shape index (κ2) is 9.01. The minimum Gasteiger partial charge on any atom is -0.490 e. The number of hydrogen-bond acceptors (Lipinski definition) is 4. The van der Waals surface area contributed by atoms with Crippen LogP contribution in [-0.2, 0) is 14.9 Å². The van der Waals surface area contributed by atoms with Crippen LogP contribution in [0, 0.1) is 0 Å². The highest BCUT2D eigenvalue weighted by atomic mass is 16.5. The van der Waals surface area contributed by atoms with Crippen LogP contribution in [0.5, 0.6) is 5.75 Å². The molecule has 0 aliphatic heterocycles. The van der Waals surface area contributed by atoms with Crippen LogP contribution < -0.4 is 10.1 Å². The number of carbonyl (C=O) groups excluding carboxylic acids is 1. The summed E-state index contributed by atoms with van der Waals surface area (Å²) < 4.78 is 10.5. The molecule has 1 unspecified atom stereocenters. The van der Waals surface area contributed by atoms with Crippen molar-refractivity contribution in [1.82, 2.24) is 5.32 Å². The number of carboxylic acids is 1. The van der Waals surface area contributed by atoms with Crippen molar-refractivity contribution >= 4 is 11.9 Å². The van der Waals surface area contributed by atoms with Gasteiger partial charge in [0.15, 0.2) is 0 Å². The third-order valence-corrected chi connectivity index (χ3v) is 4.16. The Kier molecular flexibility index (Phi) is 6.74. The molecule has 0 aliphatic rings. The van der Waals surface area contributed by atoms with E-state index in [-0.39, 0.29) is 12.5 Å². The molecule has 138 valence electrons. The Morgan fingerprint density at radius 1 is 1.04 bits per heavy atom. The Morgan fingerprint density at radius 3 is 2.35 bits per heavy atom. The summed E-state index contributed by atoms with van der Waals surface area (Å²) in [6, 6.07) is 15.7. The van der Waals surface area contributed by atoms with Crippen molar-refractivity contribution in [3.63, 3.8) is 0 Å². The Bertz CT molecular complexity index is 747. The van der Waals surface area contributed by atoms with Gasteiger partial charge in [-0.05, 0) is 24.6 Å². The molecule has 0 aliphatic carbocycles. The summed E-state index contributed by atoms with van der Waals surface area (Å²) in [5.41, 5.74) is -0.259. The van der Waals surface area contributed by atoms with Crippen molar-refractivity contribution in [3.8, 4) is 5.75 Å². The number of amides is 1. The molecular weight excluding hydrogens is 334 g/mol. The first-order valence-electron chi connectivity index (χ1n) is 8.27. The average molecular weight is 357 g/mol. The fourth-order valence-corrected chi connectivity index (χ4v) is 2.47. The number of carbonyl (C=O) groups is 2. The number of methoxy groups -OCH3 is 1. The quantitative estimate of drug-likeness (QED) is 0.674. The highest BCUT2D eigenvalue weighted by Crippen LogP contribution is 2.24. The molecular formula is C20H23NO5. The molecule has 0 fully saturated rings. The van der Waals surface area contributed by atoms with Crippen LogP contribution in [0.1, 0.15) is 22.8 Å². The van der Waals surface area contributed by atoms with Gasteiger partial charge in [-0.25, -0.2) is 0 Å². The molecule has 0 spiro atoms. The molecule has 2 N–H and O–H groups in total. The molecule has 0 heterocycles. The van der Waals surface area contributed by atoms with Crippen LogP contribution in [0.15, 0.2) is 54.6 Å². The molecule has 0 bridgehead atoms. The molecule has 26 heavy (non-hydrogen) atoms. The van der Waals surface area contributed by atoms with E-state index in [2.05, 4.69) is 5.32 Å². The maximum atomic E-state index is 12.6. The highest BCUT2D eigenvalue weighted by Gasteiger charge is 2.35. The van der Waals surface area contributed by atoms with E-state index in [4.69, 9.17) is 9.47 Å². The lowest BCUT2D eigenvalue weighted by Crippen LogP contribution is -2.44. The number of rotatable bonds is 9. The summed E-state index contributed by atoms with van der Waals surface area (Å²) in [6.45, 7) is 2.27. The highest BCUT2D eigenvalue weighted by molar-refractivity contribution is 5.97. The summed E-state index contributed by atoms with van der Waals surface area (Å²) in [7, 11) is 1.57. The maximum absolute atomic E-state index is 12.6. The predicted molar refractivity (Wildman–Crippen MR) is 97.6 cm³/mol. The first-order chi connectivity index (χ1) is 12.5. The lowest BCUT2D eigenvalue weighted by molar-refractivity contribution is -0.142. The van der Waals surface area contributed by atoms with Gasteiger partial charge in [-0.2, -0.15) is 0 Å². The first kappa shape index (κ1) is 19.5. The first-order valence-corrected chi connectivity index (χ1v) is 8.27. The van der Waals surface area contributed by atoms with E-state index in [9.17, 15) is 14.7 Å². The number of aliphatic carboxylic acids is 1. The molecule has 2 rings (SSSR count). The van der Waals surface area contributed by atoms with Crippen LogP contribution >= 0.6 is 0 Å². The average Bonchev–Trinajstić information content (AvgIpc) is 2.67. The Labute approximate surface area is 152 Å². The van der Waals surface area contributed by atoms with Crippen LogP contribution in [-0.4, -0.2) is 43.9 Å². The van der Waals surface area contributed by atoms with Crippen molar-refractivity contribution in [3.05, 3.63) is 65.7 Å². The minimum atomic E-state index is -1.23. The van der Waals surface area contributed by atoms with Crippen LogP contribution in [0.4, 0.5) is 0 Å². The van der Waals surface area contributed by atoms with E-state index >= 15 is 0 Å².